The van der Waals surface area contributed by atoms with Crippen molar-refractivity contribution in [1.82, 2.24) is 14.9 Å². The lowest BCUT2D eigenvalue weighted by molar-refractivity contribution is -0.135. The highest BCUT2D eigenvalue weighted by Gasteiger charge is 2.49. The topological polar surface area (TPSA) is 50.7 Å². The maximum Gasteiger partial charge on any atom is 0.150 e. The molecule has 2 fully saturated rings. The average molecular weight is 389 g/mol. The number of halogens is 1. The zero-order chi connectivity index (χ0) is 18.9. The van der Waals surface area contributed by atoms with Crippen LogP contribution in [0.25, 0.3) is 0 Å². The predicted molar refractivity (Wildman–Crippen MR) is 105 cm³/mol. The van der Waals surface area contributed by atoms with Gasteiger partial charge in [-0.05, 0) is 49.9 Å². The van der Waals surface area contributed by atoms with Gasteiger partial charge < -0.3 is 14.4 Å². The molecule has 2 aliphatic rings. The zero-order valence-electron chi connectivity index (χ0n) is 15.8. The summed E-state index contributed by atoms with van der Waals surface area (Å²) in [5, 5.41) is 0.676. The number of benzene rings is 1. The number of ether oxygens (including phenoxy) is 2. The number of anilines is 1. The Morgan fingerprint density at radius 1 is 1.19 bits per heavy atom. The van der Waals surface area contributed by atoms with Gasteiger partial charge in [0.1, 0.15) is 23.6 Å². The van der Waals surface area contributed by atoms with Crippen LogP contribution in [-0.4, -0.2) is 48.3 Å². The standard InChI is InChI=1S/C20H25ClN4O2/c1-26-15-6-7-16(17(21)13-15)20(27-2)9-4-12-25(20)19-5-3-11-24(19)18-8-10-22-14-23-18/h6-8,10,13-14,19H,3-5,9,11-12H2,1-2H3. The molecule has 0 aliphatic carbocycles. The van der Waals surface area contributed by atoms with Gasteiger partial charge in [0, 0.05) is 32.0 Å². The van der Waals surface area contributed by atoms with Gasteiger partial charge in [-0.2, -0.15) is 0 Å². The van der Waals surface area contributed by atoms with Crippen molar-refractivity contribution in [2.75, 3.05) is 32.2 Å². The van der Waals surface area contributed by atoms with Crippen molar-refractivity contribution in [2.24, 2.45) is 0 Å². The Bertz CT molecular complexity index is 791. The van der Waals surface area contributed by atoms with Crippen LogP contribution in [0, 0.1) is 0 Å². The maximum absolute atomic E-state index is 6.66. The van der Waals surface area contributed by atoms with E-state index in [-0.39, 0.29) is 6.17 Å². The molecule has 0 N–H and O–H groups in total. The van der Waals surface area contributed by atoms with Crippen LogP contribution < -0.4 is 9.64 Å². The average Bonchev–Trinajstić information content (AvgIpc) is 3.35. The Kier molecular flexibility index (Phi) is 5.21. The first-order valence-corrected chi connectivity index (χ1v) is 9.76. The van der Waals surface area contributed by atoms with E-state index in [0.717, 1.165) is 55.9 Å². The van der Waals surface area contributed by atoms with E-state index in [1.807, 2.05) is 24.3 Å². The summed E-state index contributed by atoms with van der Waals surface area (Å²) in [7, 11) is 3.43. The van der Waals surface area contributed by atoms with Crippen molar-refractivity contribution in [1.29, 1.82) is 0 Å². The largest absolute Gasteiger partial charge is 0.497 e. The summed E-state index contributed by atoms with van der Waals surface area (Å²) in [5.74, 6) is 1.72. The Labute approximate surface area is 165 Å². The molecule has 2 aliphatic heterocycles. The molecule has 7 heteroatoms. The molecular formula is C20H25ClN4O2. The van der Waals surface area contributed by atoms with Crippen molar-refractivity contribution in [3.05, 3.63) is 47.4 Å². The third-order valence-electron chi connectivity index (χ3n) is 5.75. The fourth-order valence-electron chi connectivity index (χ4n) is 4.56. The summed E-state index contributed by atoms with van der Waals surface area (Å²) in [6.45, 7) is 1.94. The van der Waals surface area contributed by atoms with Gasteiger partial charge in [0.2, 0.25) is 0 Å². The van der Waals surface area contributed by atoms with E-state index in [4.69, 9.17) is 21.1 Å². The van der Waals surface area contributed by atoms with Gasteiger partial charge >= 0.3 is 0 Å². The van der Waals surface area contributed by atoms with E-state index in [1.165, 1.54) is 0 Å². The number of likely N-dealkylation sites (tertiary alicyclic amines) is 1. The van der Waals surface area contributed by atoms with E-state index in [0.29, 0.717) is 5.02 Å². The summed E-state index contributed by atoms with van der Waals surface area (Å²) in [6.07, 6.45) is 7.79. The molecule has 3 heterocycles. The molecule has 2 saturated heterocycles. The van der Waals surface area contributed by atoms with Crippen molar-refractivity contribution in [2.45, 2.75) is 37.6 Å². The third-order valence-corrected chi connectivity index (χ3v) is 6.07. The number of hydrogen-bond donors (Lipinski definition) is 0. The Balaban J connectivity index is 1.71. The van der Waals surface area contributed by atoms with E-state index >= 15 is 0 Å². The highest BCUT2D eigenvalue weighted by atomic mass is 35.5. The Morgan fingerprint density at radius 2 is 2.07 bits per heavy atom. The van der Waals surface area contributed by atoms with Crippen LogP contribution >= 0.6 is 11.6 Å². The van der Waals surface area contributed by atoms with Crippen molar-refractivity contribution in [3.63, 3.8) is 0 Å². The van der Waals surface area contributed by atoms with Crippen LogP contribution in [0.5, 0.6) is 5.75 Å². The Hall–Kier alpha value is -1.89. The normalized spacial score (nSPS) is 25.9. The molecule has 0 spiro atoms. The quantitative estimate of drug-likeness (QED) is 0.779. The summed E-state index contributed by atoms with van der Waals surface area (Å²) in [4.78, 5) is 13.3. The number of hydrogen-bond acceptors (Lipinski definition) is 6. The first kappa shape index (κ1) is 18.5. The minimum Gasteiger partial charge on any atom is -0.497 e. The first-order valence-electron chi connectivity index (χ1n) is 9.38. The predicted octanol–water partition coefficient (Wildman–Crippen LogP) is 3.66. The highest BCUT2D eigenvalue weighted by molar-refractivity contribution is 6.31. The number of nitrogens with zero attached hydrogens (tertiary/aromatic N) is 4. The summed E-state index contributed by atoms with van der Waals surface area (Å²) in [6, 6.07) is 7.83. The van der Waals surface area contributed by atoms with E-state index < -0.39 is 5.72 Å². The van der Waals surface area contributed by atoms with Crippen LogP contribution in [0.4, 0.5) is 5.82 Å². The molecule has 0 bridgehead atoms. The van der Waals surface area contributed by atoms with Crippen LogP contribution in [0.15, 0.2) is 36.8 Å². The Morgan fingerprint density at radius 3 is 2.78 bits per heavy atom. The highest BCUT2D eigenvalue weighted by Crippen LogP contribution is 2.46. The van der Waals surface area contributed by atoms with Crippen molar-refractivity contribution < 1.29 is 9.47 Å². The summed E-state index contributed by atoms with van der Waals surface area (Å²) in [5.41, 5.74) is 0.461. The molecule has 144 valence electrons. The molecule has 0 saturated carbocycles. The van der Waals surface area contributed by atoms with Crippen LogP contribution in [0.3, 0.4) is 0 Å². The molecule has 2 unspecified atom stereocenters. The first-order chi connectivity index (χ1) is 13.2. The van der Waals surface area contributed by atoms with Crippen LogP contribution in [0.1, 0.15) is 31.2 Å². The molecule has 27 heavy (non-hydrogen) atoms. The minimum atomic E-state index is -0.538. The molecule has 2 atom stereocenters. The third kappa shape index (κ3) is 3.16. The minimum absolute atomic E-state index is 0.223. The fourth-order valence-corrected chi connectivity index (χ4v) is 4.87. The second kappa shape index (κ2) is 7.62. The molecule has 1 aromatic heterocycles. The van der Waals surface area contributed by atoms with Gasteiger partial charge in [0.05, 0.1) is 18.3 Å². The lowest BCUT2D eigenvalue weighted by Gasteiger charge is -2.44. The van der Waals surface area contributed by atoms with Crippen LogP contribution in [0.2, 0.25) is 5.02 Å². The van der Waals surface area contributed by atoms with E-state index in [9.17, 15) is 0 Å². The summed E-state index contributed by atoms with van der Waals surface area (Å²) >= 11 is 6.66. The molecule has 2 aromatic rings. The number of methoxy groups -OCH3 is 2. The summed E-state index contributed by atoms with van der Waals surface area (Å²) < 4.78 is 11.5. The zero-order valence-corrected chi connectivity index (χ0v) is 16.5. The van der Waals surface area contributed by atoms with E-state index in [2.05, 4.69) is 19.8 Å². The van der Waals surface area contributed by atoms with Gasteiger partial charge in [-0.15, -0.1) is 0 Å². The molecule has 0 amide bonds. The molecule has 6 nitrogen and oxygen atoms in total. The monoisotopic (exact) mass is 388 g/mol. The van der Waals surface area contributed by atoms with Crippen LogP contribution in [-0.2, 0) is 10.5 Å². The van der Waals surface area contributed by atoms with Crippen molar-refractivity contribution >= 4 is 17.4 Å². The molecule has 4 rings (SSSR count). The molecular weight excluding hydrogens is 364 g/mol. The van der Waals surface area contributed by atoms with Gasteiger partial charge in [0.25, 0.3) is 0 Å². The molecule has 1 aromatic carbocycles. The van der Waals surface area contributed by atoms with E-state index in [1.54, 1.807) is 26.7 Å². The second-order valence-electron chi connectivity index (χ2n) is 7.02. The van der Waals surface area contributed by atoms with Crippen molar-refractivity contribution in [3.8, 4) is 5.75 Å². The maximum atomic E-state index is 6.66. The second-order valence-corrected chi connectivity index (χ2v) is 7.42. The fraction of sp³-hybridized carbons (Fsp3) is 0.500. The van der Waals surface area contributed by atoms with Gasteiger partial charge in [-0.25, -0.2) is 9.97 Å². The van der Waals surface area contributed by atoms with Gasteiger partial charge in [0.15, 0.2) is 0 Å². The SMILES string of the molecule is COc1ccc(C2(OC)CCCN2C2CCCN2c2ccncn2)c(Cl)c1. The molecule has 0 radical (unpaired) electrons. The lowest BCUT2D eigenvalue weighted by Crippen LogP contribution is -2.53. The number of aromatic nitrogens is 2. The smallest absolute Gasteiger partial charge is 0.150 e. The van der Waals surface area contributed by atoms with Gasteiger partial charge in [-0.3, -0.25) is 4.90 Å². The lowest BCUT2D eigenvalue weighted by atomic mass is 9.98. The number of rotatable bonds is 5. The van der Waals surface area contributed by atoms with Gasteiger partial charge in [-0.1, -0.05) is 11.6 Å².